The summed E-state index contributed by atoms with van der Waals surface area (Å²) in [5, 5.41) is 8.18. The molecule has 2 saturated heterocycles. The van der Waals surface area contributed by atoms with Crippen LogP contribution in [0.3, 0.4) is 0 Å². The highest BCUT2D eigenvalue weighted by molar-refractivity contribution is 6.35. The Morgan fingerprint density at radius 2 is 1.57 bits per heavy atom. The average molecular weight is 713 g/mol. The van der Waals surface area contributed by atoms with E-state index in [4.69, 9.17) is 37.4 Å². The summed E-state index contributed by atoms with van der Waals surface area (Å²) in [6.07, 6.45) is 3.42. The van der Waals surface area contributed by atoms with Gasteiger partial charge in [0.15, 0.2) is 6.29 Å². The second-order valence-electron chi connectivity index (χ2n) is 11.2. The minimum Gasteiger partial charge on any atom is -0.491 e. The van der Waals surface area contributed by atoms with Crippen molar-refractivity contribution in [2.45, 2.75) is 39.2 Å². The van der Waals surface area contributed by atoms with Crippen molar-refractivity contribution in [3.8, 4) is 11.4 Å². The molecule has 3 N–H and O–H groups in total. The van der Waals surface area contributed by atoms with Gasteiger partial charge in [0, 0.05) is 61.2 Å². The van der Waals surface area contributed by atoms with Crippen LogP contribution in [0.4, 0.5) is 11.4 Å². The molecule has 1 unspecified atom stereocenters. The molecule has 13 heteroatoms. The van der Waals surface area contributed by atoms with Crippen molar-refractivity contribution in [3.05, 3.63) is 112 Å². The molecule has 4 aromatic rings. The van der Waals surface area contributed by atoms with E-state index in [-0.39, 0.29) is 11.8 Å². The molecule has 0 saturated carbocycles. The zero-order valence-electron chi connectivity index (χ0n) is 28.4. The first-order valence-electron chi connectivity index (χ1n) is 16.5. The normalized spacial score (nSPS) is 17.0. The predicted molar refractivity (Wildman–Crippen MR) is 198 cm³/mol. The topological polar surface area (TPSA) is 112 Å². The minimum atomic E-state index is -0.525. The molecule has 3 heterocycles. The molecule has 11 nitrogen and oxygen atoms in total. The van der Waals surface area contributed by atoms with Crippen molar-refractivity contribution in [3.63, 3.8) is 0 Å². The van der Waals surface area contributed by atoms with E-state index in [1.54, 1.807) is 29.2 Å². The van der Waals surface area contributed by atoms with Crippen LogP contribution in [-0.4, -0.2) is 73.4 Å². The van der Waals surface area contributed by atoms with Crippen LogP contribution in [0.25, 0.3) is 5.69 Å². The molecule has 0 amide bonds. The lowest BCUT2D eigenvalue weighted by atomic mass is 10.2. The Morgan fingerprint density at radius 3 is 2.12 bits per heavy atom. The first-order valence-corrected chi connectivity index (χ1v) is 17.3. The highest BCUT2D eigenvalue weighted by Crippen LogP contribution is 2.33. The van der Waals surface area contributed by atoms with Gasteiger partial charge in [0.1, 0.15) is 24.8 Å². The predicted octanol–water partition coefficient (Wildman–Crippen LogP) is 5.88. The average Bonchev–Trinajstić information content (AvgIpc) is 3.76. The van der Waals surface area contributed by atoms with Crippen molar-refractivity contribution in [2.75, 3.05) is 62.8 Å². The van der Waals surface area contributed by atoms with Gasteiger partial charge in [-0.3, -0.25) is 0 Å². The number of anilines is 2. The third-order valence-corrected chi connectivity index (χ3v) is 8.46. The Balaban J connectivity index is 0.000000710. The zero-order valence-corrected chi connectivity index (χ0v) is 29.9. The maximum atomic E-state index is 12.5. The van der Waals surface area contributed by atoms with Crippen LogP contribution >= 0.6 is 23.2 Å². The van der Waals surface area contributed by atoms with Crippen LogP contribution in [0, 0.1) is 0 Å². The Bertz CT molecular complexity index is 1640. The van der Waals surface area contributed by atoms with Gasteiger partial charge in [0.2, 0.25) is 0 Å². The lowest BCUT2D eigenvalue weighted by Gasteiger charge is -2.37. The van der Waals surface area contributed by atoms with Crippen molar-refractivity contribution >= 4 is 34.6 Å². The Labute approximate surface area is 298 Å². The van der Waals surface area contributed by atoms with Crippen molar-refractivity contribution in [1.29, 1.82) is 0 Å². The van der Waals surface area contributed by atoms with Crippen LogP contribution < -0.4 is 31.3 Å². The van der Waals surface area contributed by atoms with Gasteiger partial charge in [-0.2, -0.15) is 5.10 Å². The Kier molecular flexibility index (Phi) is 14.9. The number of nitrogens with two attached hydrogens (primary N) is 1. The highest BCUT2D eigenvalue weighted by Gasteiger charge is 2.29. The molecule has 1 aromatic heterocycles. The molecule has 2 fully saturated rings. The molecule has 264 valence electrons. The van der Waals surface area contributed by atoms with E-state index in [9.17, 15) is 4.79 Å². The number of piperazine rings is 1. The van der Waals surface area contributed by atoms with Gasteiger partial charge in [0.05, 0.1) is 17.3 Å². The number of nitrogens with zero attached hydrogens (tertiary/aromatic N) is 5. The maximum Gasteiger partial charge on any atom is 0.350 e. The molecule has 0 radical (unpaired) electrons. The lowest BCUT2D eigenvalue weighted by Crippen LogP contribution is -2.46. The maximum absolute atomic E-state index is 12.5. The fourth-order valence-corrected chi connectivity index (χ4v) is 5.90. The number of aromatic nitrogens is 3. The fraction of sp³-hybridized carbons (Fsp3) is 0.389. The number of rotatable bonds is 11. The first-order chi connectivity index (χ1) is 23.9. The molecule has 2 aliphatic rings. The molecular formula is C36H47Cl2N7O4. The smallest absolute Gasteiger partial charge is 0.350 e. The van der Waals surface area contributed by atoms with Gasteiger partial charge in [0.25, 0.3) is 0 Å². The van der Waals surface area contributed by atoms with Crippen molar-refractivity contribution in [1.82, 2.24) is 19.7 Å². The van der Waals surface area contributed by atoms with Crippen molar-refractivity contribution < 1.29 is 14.2 Å². The molecule has 3 aromatic carbocycles. The second kappa shape index (κ2) is 19.3. The molecule has 49 heavy (non-hydrogen) atoms. The number of benzene rings is 3. The van der Waals surface area contributed by atoms with E-state index < -0.39 is 6.29 Å². The largest absolute Gasteiger partial charge is 0.491 e. The molecule has 2 atom stereocenters. The first kappa shape index (κ1) is 37.8. The molecule has 0 aliphatic carbocycles. The summed E-state index contributed by atoms with van der Waals surface area (Å²) in [5.41, 5.74) is 8.29. The second-order valence-corrected chi connectivity index (χ2v) is 12.0. The molecule has 2 aliphatic heterocycles. The standard InChI is InChI=1S/C31H33Cl2N5O4.C4H9N.CH5N/c1-2-13-38-31(39)37(21-34-38)25-6-4-23(5-7-25)35-14-16-36(17-15-35)24-8-10-26(11-9-24)40-19-27-20-41-30(42-27)28-12-3-22(32)18-29(28)33;1-3-5-4-2;1-2/h3-12,18,21,27,30H,2,13-17,19-20H2,1H3;3,5H,1,4H2,2H3;2H2,1H3/t27-,30?;;/m1../s1. The number of hydrogen-bond donors (Lipinski definition) is 2. The van der Waals surface area contributed by atoms with Gasteiger partial charge in [-0.05, 0) is 87.3 Å². The van der Waals surface area contributed by atoms with E-state index in [2.05, 4.69) is 56.8 Å². The Hall–Kier alpha value is -4.00. The number of aryl methyl sites for hydroxylation is 1. The summed E-state index contributed by atoms with van der Waals surface area (Å²) in [5.74, 6) is 0.786. The van der Waals surface area contributed by atoms with Gasteiger partial charge in [-0.15, -0.1) is 0 Å². The zero-order chi connectivity index (χ0) is 35.2. The summed E-state index contributed by atoms with van der Waals surface area (Å²) in [7, 11) is 1.50. The van der Waals surface area contributed by atoms with E-state index >= 15 is 0 Å². The number of nitrogens with one attached hydrogen (secondary N) is 1. The van der Waals surface area contributed by atoms with E-state index in [1.165, 1.54) is 17.4 Å². The van der Waals surface area contributed by atoms with Crippen molar-refractivity contribution in [2.24, 2.45) is 5.73 Å². The summed E-state index contributed by atoms with van der Waals surface area (Å²) < 4.78 is 20.9. The van der Waals surface area contributed by atoms with Gasteiger partial charge in [-0.1, -0.05) is 42.8 Å². The van der Waals surface area contributed by atoms with E-state index in [1.807, 2.05) is 44.2 Å². The van der Waals surface area contributed by atoms with Crippen LogP contribution in [0.2, 0.25) is 10.0 Å². The van der Waals surface area contributed by atoms with Crippen LogP contribution in [-0.2, 0) is 16.0 Å². The minimum absolute atomic E-state index is 0.108. The van der Waals surface area contributed by atoms with Crippen LogP contribution in [0.1, 0.15) is 32.1 Å². The third kappa shape index (κ3) is 10.3. The quantitative estimate of drug-likeness (QED) is 0.197. The van der Waals surface area contributed by atoms with E-state index in [0.717, 1.165) is 61.8 Å². The number of halogens is 2. The number of ether oxygens (including phenoxy) is 3. The highest BCUT2D eigenvalue weighted by atomic mass is 35.5. The van der Waals surface area contributed by atoms with Gasteiger partial charge in [-0.25, -0.2) is 14.0 Å². The molecular weight excluding hydrogens is 665 g/mol. The lowest BCUT2D eigenvalue weighted by molar-refractivity contribution is -0.0658. The summed E-state index contributed by atoms with van der Waals surface area (Å²) in [6.45, 7) is 13.5. The SMILES string of the molecule is C=CNCC.CCCn1ncn(-c2ccc(N3CCN(c4ccc(OC[C@@H]5COC(c6ccc(Cl)cc6Cl)O5)cc4)CC3)cc2)c1=O.CN. The molecule has 0 bridgehead atoms. The van der Waals surface area contributed by atoms with E-state index in [0.29, 0.717) is 29.8 Å². The molecule has 0 spiro atoms. The molecule has 6 rings (SSSR count). The summed E-state index contributed by atoms with van der Waals surface area (Å²) in [6, 6.07) is 21.6. The van der Waals surface area contributed by atoms with Gasteiger partial charge >= 0.3 is 5.69 Å². The fourth-order valence-electron chi connectivity index (χ4n) is 5.40. The van der Waals surface area contributed by atoms with Crippen LogP contribution in [0.15, 0.2) is 90.6 Å². The van der Waals surface area contributed by atoms with Gasteiger partial charge < -0.3 is 35.1 Å². The Morgan fingerprint density at radius 1 is 0.959 bits per heavy atom. The summed E-state index contributed by atoms with van der Waals surface area (Å²) >= 11 is 12.3. The van der Waals surface area contributed by atoms with Crippen LogP contribution in [0.5, 0.6) is 5.75 Å². The monoisotopic (exact) mass is 711 g/mol. The number of hydrogen-bond acceptors (Lipinski definition) is 9. The third-order valence-electron chi connectivity index (χ3n) is 7.89. The summed E-state index contributed by atoms with van der Waals surface area (Å²) in [4.78, 5) is 17.3.